The standard InChI is InChI=1S/C17H17BrFNO/c1-20-16(9-11-2-4-15(19)14(18)8-11)12-3-5-17-13(10-12)6-7-21-17/h2-5,8,10,16,20H,6-7,9H2,1H3. The highest BCUT2D eigenvalue weighted by molar-refractivity contribution is 9.10. The van der Waals surface area contributed by atoms with E-state index < -0.39 is 0 Å². The monoisotopic (exact) mass is 349 g/mol. The molecule has 1 N–H and O–H groups in total. The number of fused-ring (bicyclic) bond motifs is 1. The van der Waals surface area contributed by atoms with Gasteiger partial charge in [-0.25, -0.2) is 4.39 Å². The van der Waals surface area contributed by atoms with Gasteiger partial charge in [-0.15, -0.1) is 0 Å². The lowest BCUT2D eigenvalue weighted by molar-refractivity contribution is 0.356. The van der Waals surface area contributed by atoms with Gasteiger partial charge in [0.1, 0.15) is 11.6 Å². The van der Waals surface area contributed by atoms with E-state index in [-0.39, 0.29) is 11.9 Å². The van der Waals surface area contributed by atoms with E-state index in [0.717, 1.165) is 30.8 Å². The molecule has 0 aromatic heterocycles. The second-order valence-corrected chi connectivity index (χ2v) is 6.11. The molecule has 3 rings (SSSR count). The summed E-state index contributed by atoms with van der Waals surface area (Å²) in [5.74, 6) is 0.771. The Kier molecular flexibility index (Phi) is 4.27. The van der Waals surface area contributed by atoms with Gasteiger partial charge < -0.3 is 10.1 Å². The second kappa shape index (κ2) is 6.16. The molecule has 1 unspecified atom stereocenters. The minimum Gasteiger partial charge on any atom is -0.493 e. The van der Waals surface area contributed by atoms with E-state index >= 15 is 0 Å². The van der Waals surface area contributed by atoms with Gasteiger partial charge in [-0.2, -0.15) is 0 Å². The van der Waals surface area contributed by atoms with Crippen LogP contribution >= 0.6 is 15.9 Å². The van der Waals surface area contributed by atoms with E-state index in [1.54, 1.807) is 0 Å². The Morgan fingerprint density at radius 2 is 2.14 bits per heavy atom. The summed E-state index contributed by atoms with van der Waals surface area (Å²) in [7, 11) is 1.95. The number of hydrogen-bond acceptors (Lipinski definition) is 2. The van der Waals surface area contributed by atoms with Crippen molar-refractivity contribution in [3.8, 4) is 5.75 Å². The smallest absolute Gasteiger partial charge is 0.137 e. The third-order valence-electron chi connectivity index (χ3n) is 3.89. The number of rotatable bonds is 4. The van der Waals surface area contributed by atoms with Gasteiger partial charge in [0.25, 0.3) is 0 Å². The maximum absolute atomic E-state index is 13.3. The molecule has 0 bridgehead atoms. The maximum Gasteiger partial charge on any atom is 0.137 e. The maximum atomic E-state index is 13.3. The van der Waals surface area contributed by atoms with Crippen LogP contribution < -0.4 is 10.1 Å². The highest BCUT2D eigenvalue weighted by Crippen LogP contribution is 2.29. The zero-order valence-electron chi connectivity index (χ0n) is 11.8. The largest absolute Gasteiger partial charge is 0.493 e. The molecule has 1 atom stereocenters. The van der Waals surface area contributed by atoms with Crippen molar-refractivity contribution in [3.63, 3.8) is 0 Å². The number of likely N-dealkylation sites (N-methyl/N-ethyl adjacent to an activating group) is 1. The molecule has 2 nitrogen and oxygen atoms in total. The summed E-state index contributed by atoms with van der Waals surface area (Å²) in [5.41, 5.74) is 3.61. The Bertz CT molecular complexity index is 659. The van der Waals surface area contributed by atoms with Gasteiger partial charge in [-0.05, 0) is 64.3 Å². The average molecular weight is 350 g/mol. The summed E-state index contributed by atoms with van der Waals surface area (Å²) in [5, 5.41) is 3.34. The minimum atomic E-state index is -0.227. The number of hydrogen-bond donors (Lipinski definition) is 1. The lowest BCUT2D eigenvalue weighted by atomic mass is 9.97. The van der Waals surface area contributed by atoms with Gasteiger partial charge in [0.2, 0.25) is 0 Å². The number of benzene rings is 2. The molecular formula is C17H17BrFNO. The summed E-state index contributed by atoms with van der Waals surface area (Å²) in [6.07, 6.45) is 1.79. The lowest BCUT2D eigenvalue weighted by Gasteiger charge is -2.18. The normalized spacial score (nSPS) is 14.6. The summed E-state index contributed by atoms with van der Waals surface area (Å²) >= 11 is 3.24. The molecule has 1 heterocycles. The predicted octanol–water partition coefficient (Wildman–Crippen LogP) is 4.03. The Morgan fingerprint density at radius 1 is 1.29 bits per heavy atom. The molecule has 2 aromatic rings. The average Bonchev–Trinajstić information content (AvgIpc) is 2.95. The van der Waals surface area contributed by atoms with Crippen LogP contribution in [0.3, 0.4) is 0 Å². The molecule has 2 aromatic carbocycles. The van der Waals surface area contributed by atoms with Crippen LogP contribution in [0.4, 0.5) is 4.39 Å². The molecule has 0 saturated carbocycles. The Balaban J connectivity index is 1.83. The van der Waals surface area contributed by atoms with E-state index in [9.17, 15) is 4.39 Å². The van der Waals surface area contributed by atoms with E-state index in [2.05, 4.69) is 33.4 Å². The Morgan fingerprint density at radius 3 is 2.90 bits per heavy atom. The van der Waals surface area contributed by atoms with Crippen LogP contribution in [0.25, 0.3) is 0 Å². The molecule has 0 radical (unpaired) electrons. The molecule has 1 aliphatic heterocycles. The summed E-state index contributed by atoms with van der Waals surface area (Å²) in [4.78, 5) is 0. The number of nitrogens with one attached hydrogen (secondary N) is 1. The molecule has 0 aliphatic carbocycles. The molecule has 0 amide bonds. The summed E-state index contributed by atoms with van der Waals surface area (Å²) in [6.45, 7) is 0.772. The first-order valence-corrected chi connectivity index (χ1v) is 7.83. The summed E-state index contributed by atoms with van der Waals surface area (Å²) < 4.78 is 19.4. The van der Waals surface area contributed by atoms with Crippen LogP contribution in [-0.4, -0.2) is 13.7 Å². The molecule has 4 heteroatoms. The zero-order chi connectivity index (χ0) is 14.8. The topological polar surface area (TPSA) is 21.3 Å². The van der Waals surface area contributed by atoms with Gasteiger partial charge in [0.15, 0.2) is 0 Å². The van der Waals surface area contributed by atoms with Crippen molar-refractivity contribution in [1.29, 1.82) is 0 Å². The van der Waals surface area contributed by atoms with Crippen molar-refractivity contribution < 1.29 is 9.13 Å². The third kappa shape index (κ3) is 3.11. The summed E-state index contributed by atoms with van der Waals surface area (Å²) in [6, 6.07) is 11.7. The molecule has 1 aliphatic rings. The number of ether oxygens (including phenoxy) is 1. The van der Waals surface area contributed by atoms with E-state index in [0.29, 0.717) is 4.47 Å². The molecule has 0 saturated heterocycles. The van der Waals surface area contributed by atoms with Crippen molar-refractivity contribution in [3.05, 3.63) is 63.4 Å². The van der Waals surface area contributed by atoms with Crippen LogP contribution in [0, 0.1) is 5.82 Å². The molecule has 21 heavy (non-hydrogen) atoms. The van der Waals surface area contributed by atoms with E-state index in [1.807, 2.05) is 25.2 Å². The molecule has 0 spiro atoms. The quantitative estimate of drug-likeness (QED) is 0.899. The fourth-order valence-corrected chi connectivity index (χ4v) is 3.14. The van der Waals surface area contributed by atoms with Crippen molar-refractivity contribution >= 4 is 15.9 Å². The van der Waals surface area contributed by atoms with Gasteiger partial charge >= 0.3 is 0 Å². The first kappa shape index (κ1) is 14.5. The van der Waals surface area contributed by atoms with Gasteiger partial charge in [-0.3, -0.25) is 0 Å². The Labute approximate surface area is 132 Å². The van der Waals surface area contributed by atoms with Gasteiger partial charge in [0, 0.05) is 12.5 Å². The van der Waals surface area contributed by atoms with Gasteiger partial charge in [0.05, 0.1) is 11.1 Å². The molecule has 110 valence electrons. The van der Waals surface area contributed by atoms with Crippen LogP contribution in [-0.2, 0) is 12.8 Å². The van der Waals surface area contributed by atoms with Crippen molar-refractivity contribution in [2.24, 2.45) is 0 Å². The Hall–Kier alpha value is -1.39. The van der Waals surface area contributed by atoms with Gasteiger partial charge in [-0.1, -0.05) is 18.2 Å². The third-order valence-corrected chi connectivity index (χ3v) is 4.50. The molecule has 0 fully saturated rings. The van der Waals surface area contributed by atoms with Crippen LogP contribution in [0.5, 0.6) is 5.75 Å². The predicted molar refractivity (Wildman–Crippen MR) is 85.2 cm³/mol. The second-order valence-electron chi connectivity index (χ2n) is 5.26. The van der Waals surface area contributed by atoms with Crippen molar-refractivity contribution in [1.82, 2.24) is 5.32 Å². The van der Waals surface area contributed by atoms with Crippen LogP contribution in [0.1, 0.15) is 22.7 Å². The first-order valence-electron chi connectivity index (χ1n) is 7.04. The fourth-order valence-electron chi connectivity index (χ4n) is 2.71. The lowest BCUT2D eigenvalue weighted by Crippen LogP contribution is -2.19. The fraction of sp³-hybridized carbons (Fsp3) is 0.294. The first-order chi connectivity index (χ1) is 10.2. The van der Waals surface area contributed by atoms with E-state index in [1.165, 1.54) is 17.2 Å². The molecular weight excluding hydrogens is 333 g/mol. The highest BCUT2D eigenvalue weighted by atomic mass is 79.9. The highest BCUT2D eigenvalue weighted by Gasteiger charge is 2.16. The van der Waals surface area contributed by atoms with Crippen molar-refractivity contribution in [2.75, 3.05) is 13.7 Å². The van der Waals surface area contributed by atoms with Crippen LogP contribution in [0.2, 0.25) is 0 Å². The number of halogens is 2. The minimum absolute atomic E-state index is 0.202. The zero-order valence-corrected chi connectivity index (χ0v) is 13.4. The van der Waals surface area contributed by atoms with Crippen molar-refractivity contribution in [2.45, 2.75) is 18.9 Å². The SMILES string of the molecule is CNC(Cc1ccc(F)c(Br)c1)c1ccc2c(c1)CCO2. The van der Waals surface area contributed by atoms with E-state index in [4.69, 9.17) is 4.74 Å². The van der Waals surface area contributed by atoms with Crippen LogP contribution in [0.15, 0.2) is 40.9 Å².